The number of ether oxygens (including phenoxy) is 3. The van der Waals surface area contributed by atoms with Gasteiger partial charge in [-0.05, 0) is 60.2 Å². The van der Waals surface area contributed by atoms with E-state index in [9.17, 15) is 8.42 Å². The lowest BCUT2D eigenvalue weighted by molar-refractivity contribution is 0.0730. The molecule has 2 aliphatic heterocycles. The molecule has 0 saturated carbocycles. The topological polar surface area (TPSA) is 108 Å². The molecule has 0 radical (unpaired) electrons. The number of morpholine rings is 1. The quantitative estimate of drug-likeness (QED) is 0.347. The number of benzene rings is 2. The second kappa shape index (κ2) is 9.98. The van der Waals surface area contributed by atoms with Gasteiger partial charge in [0.2, 0.25) is 21.6 Å². The summed E-state index contributed by atoms with van der Waals surface area (Å²) < 4.78 is 50.7. The van der Waals surface area contributed by atoms with E-state index < -0.39 is 10.0 Å². The van der Waals surface area contributed by atoms with Gasteiger partial charge < -0.3 is 18.6 Å². The number of nitrogens with zero attached hydrogens (tertiary/aromatic N) is 4. The van der Waals surface area contributed by atoms with E-state index in [-0.39, 0.29) is 11.7 Å². The maximum atomic E-state index is 12.9. The predicted octanol–water partition coefficient (Wildman–Crippen LogP) is 3.67. The Bertz CT molecular complexity index is 1600. The predicted molar refractivity (Wildman–Crippen MR) is 137 cm³/mol. The summed E-state index contributed by atoms with van der Waals surface area (Å²) in [6.45, 7) is 1.69. The first-order chi connectivity index (χ1) is 18.1. The highest BCUT2D eigenvalue weighted by molar-refractivity contribution is 7.89. The summed E-state index contributed by atoms with van der Waals surface area (Å²) in [5, 5.41) is 6.58. The van der Waals surface area contributed by atoms with Gasteiger partial charge in [-0.3, -0.25) is 0 Å². The van der Waals surface area contributed by atoms with E-state index in [0.29, 0.717) is 54.1 Å². The fourth-order valence-electron chi connectivity index (χ4n) is 3.94. The van der Waals surface area contributed by atoms with Crippen LogP contribution in [0.25, 0.3) is 11.5 Å². The summed E-state index contributed by atoms with van der Waals surface area (Å²) in [6, 6.07) is 15.8. The highest BCUT2D eigenvalue weighted by Gasteiger charge is 2.26. The zero-order valence-electron chi connectivity index (χ0n) is 19.5. The molecule has 0 unspecified atom stereocenters. The minimum absolute atomic E-state index is 0.202. The number of thiazole rings is 1. The van der Waals surface area contributed by atoms with Crippen LogP contribution in [0.2, 0.25) is 0 Å². The number of hydrogen-bond acceptors (Lipinski definition) is 9. The Labute approximate surface area is 216 Å². The normalized spacial score (nSPS) is 16.6. The smallest absolute Gasteiger partial charge is 0.243 e. The lowest BCUT2D eigenvalue weighted by Crippen LogP contribution is -2.40. The Morgan fingerprint density at radius 1 is 0.973 bits per heavy atom. The van der Waals surface area contributed by atoms with Gasteiger partial charge >= 0.3 is 0 Å². The third-order valence-corrected chi connectivity index (χ3v) is 8.58. The Balaban J connectivity index is 1.33. The minimum Gasteiger partial charge on any atom is -0.463 e. The number of aromatic nitrogens is 1. The van der Waals surface area contributed by atoms with Crippen molar-refractivity contribution in [2.75, 3.05) is 33.1 Å². The molecule has 0 bridgehead atoms. The van der Waals surface area contributed by atoms with Crippen LogP contribution >= 0.6 is 11.3 Å². The Kier molecular flexibility index (Phi) is 6.38. The molecule has 10 nitrogen and oxygen atoms in total. The standard InChI is InChI=1S/C25H22N4O6S2/c30-37(31,28-9-12-32-13-10-28)20-6-4-19(5-7-20)27-25-29(21(16-36-25)22-2-1-11-33-22)26-15-18-3-8-23-24(14-18)35-17-34-23/h1-8,11,14-16H,9-10,12-13,17H2/b26-15+,27-25?. The molecule has 0 aliphatic carbocycles. The Hall–Kier alpha value is -3.71. The van der Waals surface area contributed by atoms with E-state index >= 15 is 0 Å². The molecule has 0 spiro atoms. The molecule has 1 fully saturated rings. The average Bonchev–Trinajstić information content (AvgIpc) is 3.69. The van der Waals surface area contributed by atoms with Crippen LogP contribution in [0.4, 0.5) is 5.69 Å². The zero-order chi connectivity index (χ0) is 25.2. The molecule has 2 aromatic heterocycles. The van der Waals surface area contributed by atoms with Crippen molar-refractivity contribution in [3.8, 4) is 23.0 Å². The molecule has 37 heavy (non-hydrogen) atoms. The minimum atomic E-state index is -3.58. The van der Waals surface area contributed by atoms with Crippen molar-refractivity contribution in [2.45, 2.75) is 4.90 Å². The van der Waals surface area contributed by atoms with Crippen molar-refractivity contribution in [3.63, 3.8) is 0 Å². The zero-order valence-corrected chi connectivity index (χ0v) is 21.2. The second-order valence-electron chi connectivity index (χ2n) is 8.17. The largest absolute Gasteiger partial charge is 0.463 e. The second-order valence-corrected chi connectivity index (χ2v) is 10.9. The van der Waals surface area contributed by atoms with Gasteiger partial charge in [-0.25, -0.2) is 18.1 Å². The first-order valence-corrected chi connectivity index (χ1v) is 13.8. The fraction of sp³-hybridized carbons (Fsp3) is 0.200. The third kappa shape index (κ3) is 4.83. The lowest BCUT2D eigenvalue weighted by atomic mass is 10.2. The summed E-state index contributed by atoms with van der Waals surface area (Å²) in [4.78, 5) is 5.55. The van der Waals surface area contributed by atoms with Crippen LogP contribution in [0, 0.1) is 0 Å². The van der Waals surface area contributed by atoms with Gasteiger partial charge in [0.25, 0.3) is 0 Å². The lowest BCUT2D eigenvalue weighted by Gasteiger charge is -2.26. The van der Waals surface area contributed by atoms with Crippen LogP contribution in [-0.4, -0.2) is 56.7 Å². The molecule has 2 aromatic carbocycles. The maximum absolute atomic E-state index is 12.9. The monoisotopic (exact) mass is 538 g/mol. The Morgan fingerprint density at radius 2 is 1.78 bits per heavy atom. The van der Waals surface area contributed by atoms with Crippen LogP contribution in [0.1, 0.15) is 5.56 Å². The van der Waals surface area contributed by atoms with Crippen LogP contribution in [-0.2, 0) is 14.8 Å². The summed E-state index contributed by atoms with van der Waals surface area (Å²) >= 11 is 1.39. The molecule has 1 saturated heterocycles. The molecule has 4 heterocycles. The molecule has 4 aromatic rings. The maximum Gasteiger partial charge on any atom is 0.243 e. The van der Waals surface area contributed by atoms with Gasteiger partial charge in [0.15, 0.2) is 17.3 Å². The van der Waals surface area contributed by atoms with Crippen LogP contribution < -0.4 is 14.3 Å². The first kappa shape index (κ1) is 23.7. The van der Waals surface area contributed by atoms with Gasteiger partial charge in [0, 0.05) is 18.5 Å². The van der Waals surface area contributed by atoms with Crippen molar-refractivity contribution in [1.82, 2.24) is 8.98 Å². The first-order valence-electron chi connectivity index (χ1n) is 11.5. The van der Waals surface area contributed by atoms with E-state index in [2.05, 4.69) is 5.10 Å². The molecule has 2 aliphatic rings. The van der Waals surface area contributed by atoms with Gasteiger partial charge in [-0.2, -0.15) is 9.41 Å². The number of furan rings is 1. The number of sulfonamides is 1. The van der Waals surface area contributed by atoms with Gasteiger partial charge in [-0.15, -0.1) is 11.3 Å². The van der Waals surface area contributed by atoms with E-state index in [0.717, 1.165) is 11.3 Å². The highest BCUT2D eigenvalue weighted by atomic mass is 32.2. The summed E-state index contributed by atoms with van der Waals surface area (Å²) in [7, 11) is -3.58. The summed E-state index contributed by atoms with van der Waals surface area (Å²) in [6.07, 6.45) is 3.31. The van der Waals surface area contributed by atoms with Crippen LogP contribution in [0.5, 0.6) is 11.5 Å². The van der Waals surface area contributed by atoms with Crippen molar-refractivity contribution in [1.29, 1.82) is 0 Å². The van der Waals surface area contributed by atoms with E-state index in [4.69, 9.17) is 23.6 Å². The van der Waals surface area contributed by atoms with Gasteiger partial charge in [0.1, 0.15) is 5.69 Å². The molecule has 0 atom stereocenters. The van der Waals surface area contributed by atoms with E-state index in [1.54, 1.807) is 41.4 Å². The summed E-state index contributed by atoms with van der Waals surface area (Å²) in [5.74, 6) is 2.02. The summed E-state index contributed by atoms with van der Waals surface area (Å²) in [5.41, 5.74) is 2.16. The van der Waals surface area contributed by atoms with Crippen molar-refractivity contribution in [3.05, 3.63) is 76.6 Å². The third-order valence-electron chi connectivity index (χ3n) is 5.85. The molecule has 12 heteroatoms. The molecule has 0 amide bonds. The SMILES string of the molecule is O=S(=O)(c1ccc(N=c2scc(-c3ccco3)n2/N=C/c2ccc3c(c2)OCO3)cc1)N1CCOCC1. The molecular formula is C25H22N4O6S2. The van der Waals surface area contributed by atoms with Crippen LogP contribution in [0.3, 0.4) is 0 Å². The molecule has 6 rings (SSSR count). The van der Waals surface area contributed by atoms with Crippen LogP contribution in [0.15, 0.2) is 85.6 Å². The molecular weight excluding hydrogens is 516 g/mol. The van der Waals surface area contributed by atoms with E-state index in [1.807, 2.05) is 35.7 Å². The highest BCUT2D eigenvalue weighted by Crippen LogP contribution is 2.32. The van der Waals surface area contributed by atoms with Gasteiger partial charge in [0.05, 0.1) is 36.3 Å². The van der Waals surface area contributed by atoms with Crippen molar-refractivity contribution < 1.29 is 27.0 Å². The Morgan fingerprint density at radius 3 is 2.57 bits per heavy atom. The van der Waals surface area contributed by atoms with E-state index in [1.165, 1.54) is 15.6 Å². The number of rotatable bonds is 6. The number of fused-ring (bicyclic) bond motifs is 1. The van der Waals surface area contributed by atoms with Gasteiger partial charge in [-0.1, -0.05) is 0 Å². The fourth-order valence-corrected chi connectivity index (χ4v) is 6.18. The van der Waals surface area contributed by atoms with Crippen molar-refractivity contribution in [2.24, 2.45) is 10.1 Å². The average molecular weight is 539 g/mol. The van der Waals surface area contributed by atoms with Crippen molar-refractivity contribution >= 4 is 33.3 Å². The number of hydrogen-bond donors (Lipinski definition) is 0. The molecule has 0 N–H and O–H groups in total. The molecule has 190 valence electrons.